The van der Waals surface area contributed by atoms with E-state index in [4.69, 9.17) is 4.74 Å². The molecule has 6 nitrogen and oxygen atoms in total. The summed E-state index contributed by atoms with van der Waals surface area (Å²) in [7, 11) is 1.34. The maximum Gasteiger partial charge on any atom is 0.338 e. The topological polar surface area (TPSA) is 84.1 Å². The van der Waals surface area contributed by atoms with Crippen LogP contribution < -0.4 is 5.32 Å². The molecule has 2 aromatic rings. The Kier molecular flexibility index (Phi) is 5.39. The number of aromatic nitrogens is 2. The van der Waals surface area contributed by atoms with Crippen molar-refractivity contribution in [1.82, 2.24) is 10.2 Å². The summed E-state index contributed by atoms with van der Waals surface area (Å²) in [5.41, 5.74) is 4.80. The first-order valence-electron chi connectivity index (χ1n) is 7.83. The number of ether oxygens (including phenoxy) is 1. The van der Waals surface area contributed by atoms with Gasteiger partial charge in [0.05, 0.1) is 18.4 Å². The van der Waals surface area contributed by atoms with Gasteiger partial charge < -0.3 is 10.1 Å². The number of hydrogen-bond acceptors (Lipinski definition) is 4. The van der Waals surface area contributed by atoms with Crippen LogP contribution >= 0.6 is 0 Å². The quantitative estimate of drug-likeness (QED) is 0.825. The van der Waals surface area contributed by atoms with Gasteiger partial charge >= 0.3 is 5.97 Å². The summed E-state index contributed by atoms with van der Waals surface area (Å²) in [6.07, 6.45) is 0.336. The molecule has 0 saturated heterocycles. The van der Waals surface area contributed by atoms with Crippen molar-refractivity contribution in [2.24, 2.45) is 0 Å². The fourth-order valence-corrected chi connectivity index (χ4v) is 2.91. The molecular formula is C18H23N3O3. The molecule has 1 aromatic heterocycles. The molecule has 1 heterocycles. The third-order valence-corrected chi connectivity index (χ3v) is 4.10. The molecule has 24 heavy (non-hydrogen) atoms. The number of hydrogen-bond donors (Lipinski definition) is 2. The van der Waals surface area contributed by atoms with E-state index in [-0.39, 0.29) is 11.8 Å². The molecule has 1 aromatic carbocycles. The molecule has 0 unspecified atom stereocenters. The van der Waals surface area contributed by atoms with E-state index in [1.165, 1.54) is 7.11 Å². The Morgan fingerprint density at radius 3 is 2.58 bits per heavy atom. The number of carbonyl (C=O) groups excluding carboxylic acids is 2. The van der Waals surface area contributed by atoms with Crippen molar-refractivity contribution in [2.45, 2.75) is 40.0 Å². The predicted octanol–water partition coefficient (Wildman–Crippen LogP) is 3.25. The maximum atomic E-state index is 12.3. The highest BCUT2D eigenvalue weighted by Gasteiger charge is 2.18. The number of carbonyl (C=O) groups is 2. The summed E-state index contributed by atoms with van der Waals surface area (Å²) < 4.78 is 4.75. The van der Waals surface area contributed by atoms with Crippen molar-refractivity contribution in [2.75, 3.05) is 12.4 Å². The van der Waals surface area contributed by atoms with Gasteiger partial charge in [0.15, 0.2) is 0 Å². The van der Waals surface area contributed by atoms with Crippen molar-refractivity contribution in [3.63, 3.8) is 0 Å². The van der Waals surface area contributed by atoms with Gasteiger partial charge in [0.25, 0.3) is 0 Å². The highest BCUT2D eigenvalue weighted by atomic mass is 16.5. The van der Waals surface area contributed by atoms with Gasteiger partial charge in [0.1, 0.15) is 0 Å². The summed E-state index contributed by atoms with van der Waals surface area (Å²) in [5, 5.41) is 9.95. The van der Waals surface area contributed by atoms with Gasteiger partial charge in [-0.2, -0.15) is 5.10 Å². The second kappa shape index (κ2) is 7.29. The molecule has 0 spiro atoms. The zero-order valence-electron chi connectivity index (χ0n) is 14.7. The van der Waals surface area contributed by atoms with E-state index in [0.717, 1.165) is 22.5 Å². The number of esters is 1. The smallest absolute Gasteiger partial charge is 0.338 e. The Morgan fingerprint density at radius 1 is 1.29 bits per heavy atom. The Hall–Kier alpha value is -2.63. The fraction of sp³-hybridized carbons (Fsp3) is 0.389. The summed E-state index contributed by atoms with van der Waals surface area (Å²) >= 11 is 0. The van der Waals surface area contributed by atoms with Gasteiger partial charge in [-0.15, -0.1) is 0 Å². The monoisotopic (exact) mass is 329 g/mol. The molecule has 128 valence electrons. The van der Waals surface area contributed by atoms with E-state index in [2.05, 4.69) is 15.5 Å². The van der Waals surface area contributed by atoms with Gasteiger partial charge in [-0.05, 0) is 49.9 Å². The zero-order valence-corrected chi connectivity index (χ0v) is 14.7. The number of aryl methyl sites for hydroxylation is 3. The lowest BCUT2D eigenvalue weighted by Gasteiger charge is -2.13. The highest BCUT2D eigenvalue weighted by Crippen LogP contribution is 2.25. The van der Waals surface area contributed by atoms with Gasteiger partial charge in [-0.3, -0.25) is 9.89 Å². The molecule has 0 fully saturated rings. The van der Waals surface area contributed by atoms with Crippen LogP contribution in [-0.4, -0.2) is 29.2 Å². The van der Waals surface area contributed by atoms with E-state index in [0.29, 0.717) is 17.7 Å². The van der Waals surface area contributed by atoms with Gasteiger partial charge in [0, 0.05) is 17.8 Å². The number of nitrogens with one attached hydrogen (secondary N) is 2. The Morgan fingerprint density at radius 2 is 2.00 bits per heavy atom. The molecule has 0 radical (unpaired) electrons. The second-order valence-corrected chi connectivity index (χ2v) is 6.02. The van der Waals surface area contributed by atoms with Crippen LogP contribution in [0, 0.1) is 20.8 Å². The second-order valence-electron chi connectivity index (χ2n) is 6.02. The predicted molar refractivity (Wildman–Crippen MR) is 92.2 cm³/mol. The van der Waals surface area contributed by atoms with Gasteiger partial charge in [-0.1, -0.05) is 13.0 Å². The van der Waals surface area contributed by atoms with Crippen molar-refractivity contribution in [1.29, 1.82) is 0 Å². The minimum absolute atomic E-state index is 0.0503. The molecule has 0 aliphatic heterocycles. The number of amides is 1. The molecule has 1 atom stereocenters. The number of rotatable bonds is 5. The van der Waals surface area contributed by atoms with Crippen LogP contribution in [0.3, 0.4) is 0 Å². The van der Waals surface area contributed by atoms with Crippen LogP contribution in [0.1, 0.15) is 52.1 Å². The van der Waals surface area contributed by atoms with Gasteiger partial charge in [0.2, 0.25) is 5.91 Å². The molecule has 0 aliphatic rings. The lowest BCUT2D eigenvalue weighted by Crippen LogP contribution is -2.15. The van der Waals surface area contributed by atoms with Crippen LogP contribution in [0.5, 0.6) is 0 Å². The molecular weight excluding hydrogens is 306 g/mol. The Balaban J connectivity index is 2.09. The Labute approximate surface area is 141 Å². The molecule has 6 heteroatoms. The maximum absolute atomic E-state index is 12.3. The van der Waals surface area contributed by atoms with Crippen molar-refractivity contribution < 1.29 is 14.3 Å². The zero-order chi connectivity index (χ0) is 17.9. The number of anilines is 1. The third-order valence-electron chi connectivity index (χ3n) is 4.10. The fourth-order valence-electron chi connectivity index (χ4n) is 2.91. The van der Waals surface area contributed by atoms with Crippen molar-refractivity contribution >= 4 is 17.6 Å². The lowest BCUT2D eigenvalue weighted by molar-refractivity contribution is -0.116. The van der Waals surface area contributed by atoms with E-state index >= 15 is 0 Å². The van der Waals surface area contributed by atoms with Gasteiger partial charge in [-0.25, -0.2) is 4.79 Å². The molecule has 1 amide bonds. The van der Waals surface area contributed by atoms with Crippen LogP contribution in [-0.2, 0) is 9.53 Å². The average Bonchev–Trinajstić information content (AvgIpc) is 2.87. The third kappa shape index (κ3) is 3.82. The van der Waals surface area contributed by atoms with Crippen LogP contribution in [0.2, 0.25) is 0 Å². The molecule has 0 bridgehead atoms. The van der Waals surface area contributed by atoms with E-state index in [1.54, 1.807) is 18.2 Å². The Bertz CT molecular complexity index is 745. The molecule has 2 N–H and O–H groups in total. The first-order chi connectivity index (χ1) is 11.3. The summed E-state index contributed by atoms with van der Waals surface area (Å²) in [5.74, 6) is -0.474. The molecule has 0 aliphatic carbocycles. The van der Waals surface area contributed by atoms with Crippen LogP contribution in [0.4, 0.5) is 5.69 Å². The number of nitrogens with zero attached hydrogens (tertiary/aromatic N) is 1. The van der Waals surface area contributed by atoms with Crippen LogP contribution in [0.25, 0.3) is 0 Å². The van der Waals surface area contributed by atoms with E-state index in [9.17, 15) is 9.59 Å². The molecule has 0 saturated carbocycles. The average molecular weight is 329 g/mol. The highest BCUT2D eigenvalue weighted by molar-refractivity contribution is 5.95. The minimum Gasteiger partial charge on any atom is -0.465 e. The standard InChI is InChI=1S/C18H23N3O3/c1-10-6-7-14(9-15(10)18(23)24-5)19-16(22)8-11(2)17-12(3)20-21-13(17)4/h6-7,9,11H,8H2,1-5H3,(H,19,22)(H,20,21)/t11-/m1/s1. The number of methoxy groups -OCH3 is 1. The van der Waals surface area contributed by atoms with E-state index < -0.39 is 5.97 Å². The summed E-state index contributed by atoms with van der Waals surface area (Å²) in [6, 6.07) is 5.20. The van der Waals surface area contributed by atoms with Crippen molar-refractivity contribution in [3.05, 3.63) is 46.3 Å². The first kappa shape index (κ1) is 17.7. The largest absolute Gasteiger partial charge is 0.465 e. The summed E-state index contributed by atoms with van der Waals surface area (Å²) in [4.78, 5) is 24.1. The normalized spacial score (nSPS) is 11.9. The molecule has 2 rings (SSSR count). The first-order valence-corrected chi connectivity index (χ1v) is 7.83. The summed E-state index contributed by atoms with van der Waals surface area (Å²) in [6.45, 7) is 7.70. The minimum atomic E-state index is -0.415. The number of H-pyrrole nitrogens is 1. The van der Waals surface area contributed by atoms with E-state index in [1.807, 2.05) is 27.7 Å². The van der Waals surface area contributed by atoms with Crippen LogP contribution in [0.15, 0.2) is 18.2 Å². The lowest BCUT2D eigenvalue weighted by atomic mass is 9.95. The van der Waals surface area contributed by atoms with Crippen molar-refractivity contribution in [3.8, 4) is 0 Å². The number of benzene rings is 1. The number of aromatic amines is 1. The SMILES string of the molecule is COC(=O)c1cc(NC(=O)C[C@@H](C)c2c(C)n[nH]c2C)ccc1C.